The Bertz CT molecular complexity index is 1730. The summed E-state index contributed by atoms with van der Waals surface area (Å²) in [6.07, 6.45) is -0.479. The van der Waals surface area contributed by atoms with E-state index in [0.29, 0.717) is 0 Å². The van der Waals surface area contributed by atoms with Gasteiger partial charge in [0.15, 0.2) is 9.84 Å². The van der Waals surface area contributed by atoms with Crippen LogP contribution in [-0.2, 0) is 24.2 Å². The minimum absolute atomic E-state index is 0.0951. The predicted octanol–water partition coefficient (Wildman–Crippen LogP) is 4.31. The summed E-state index contributed by atoms with van der Waals surface area (Å²) in [7, 11) is -4.41. The van der Waals surface area contributed by atoms with Gasteiger partial charge in [-0.05, 0) is 75.7 Å². The number of hydrogen-bond donors (Lipinski definition) is 3. The molecule has 0 radical (unpaired) electrons. The van der Waals surface area contributed by atoms with Crippen molar-refractivity contribution in [2.45, 2.75) is 55.0 Å². The molecule has 0 aromatic heterocycles. The lowest BCUT2D eigenvalue weighted by Crippen LogP contribution is -2.49. The van der Waals surface area contributed by atoms with Crippen LogP contribution >= 0.6 is 0 Å². The number of hydrogen-bond acceptors (Lipinski definition) is 7. The molecule has 1 aliphatic heterocycles. The Balaban J connectivity index is 1.71. The molecule has 1 heterocycles. The van der Waals surface area contributed by atoms with Crippen LogP contribution < -0.4 is 10.6 Å². The minimum atomic E-state index is -4.41. The molecule has 11 nitrogen and oxygen atoms in total. The fraction of sp³-hybridized carbons (Fsp3) is 0.290. The smallest absolute Gasteiger partial charge is 0.335 e. The van der Waals surface area contributed by atoms with Gasteiger partial charge in [0.05, 0.1) is 28.3 Å². The molecular weight excluding hydrogens is 612 g/mol. The highest BCUT2D eigenvalue weighted by Crippen LogP contribution is 2.44. The quantitative estimate of drug-likeness (QED) is 0.242. The standard InChI is InChI=1S/C31H31F2N3O8S/c1-31(2,3)44-29(40)24-16-25(45(42,43)21-13-11-19(32)12-14-21)27(22-9-4-5-10-23(22)33)36(24)26(37)17-34-30(41)35-20-8-6-7-18(15-20)28(38)39/h4-15,24-25,27H,16-17H2,1-3H3,(H,38,39)(H2,34,35,41). The molecular formula is C31H31F2N3O8S. The number of halogens is 2. The van der Waals surface area contributed by atoms with Crippen molar-refractivity contribution in [3.63, 3.8) is 0 Å². The predicted molar refractivity (Wildman–Crippen MR) is 158 cm³/mol. The minimum Gasteiger partial charge on any atom is -0.478 e. The lowest BCUT2D eigenvalue weighted by molar-refractivity contribution is -0.164. The molecule has 0 bridgehead atoms. The summed E-state index contributed by atoms with van der Waals surface area (Å²) in [5.74, 6) is -4.61. The second-order valence-electron chi connectivity index (χ2n) is 11.3. The number of carbonyl (C=O) groups excluding carboxylic acids is 3. The van der Waals surface area contributed by atoms with E-state index >= 15 is 4.39 Å². The molecule has 0 spiro atoms. The largest absolute Gasteiger partial charge is 0.478 e. The number of amides is 3. The highest BCUT2D eigenvalue weighted by Gasteiger charge is 2.54. The summed E-state index contributed by atoms with van der Waals surface area (Å²) < 4.78 is 62.4. The first-order chi connectivity index (χ1) is 21.1. The summed E-state index contributed by atoms with van der Waals surface area (Å²) >= 11 is 0. The molecule has 1 saturated heterocycles. The molecule has 14 heteroatoms. The van der Waals surface area contributed by atoms with E-state index in [9.17, 15) is 37.1 Å². The first-order valence-electron chi connectivity index (χ1n) is 13.7. The summed E-state index contributed by atoms with van der Waals surface area (Å²) in [5.41, 5.74) is -1.21. The third-order valence-electron chi connectivity index (χ3n) is 6.94. The van der Waals surface area contributed by atoms with Crippen LogP contribution in [0.5, 0.6) is 0 Å². The number of esters is 1. The van der Waals surface area contributed by atoms with Crippen molar-refractivity contribution in [3.8, 4) is 0 Å². The SMILES string of the molecule is CC(C)(C)OC(=O)C1CC(S(=O)(=O)c2ccc(F)cc2)C(c2ccccc2F)N1C(=O)CNC(=O)Nc1cccc(C(=O)O)c1. The Morgan fingerprint density at radius 3 is 2.27 bits per heavy atom. The van der Waals surface area contributed by atoms with E-state index in [1.165, 1.54) is 42.5 Å². The lowest BCUT2D eigenvalue weighted by atomic mass is 10.0. The van der Waals surface area contributed by atoms with E-state index in [2.05, 4.69) is 10.6 Å². The van der Waals surface area contributed by atoms with Gasteiger partial charge in [-0.3, -0.25) is 4.79 Å². The average Bonchev–Trinajstić information content (AvgIpc) is 3.37. The number of carbonyl (C=O) groups is 4. The van der Waals surface area contributed by atoms with Crippen molar-refractivity contribution in [2.75, 3.05) is 11.9 Å². The van der Waals surface area contributed by atoms with Gasteiger partial charge in [-0.25, -0.2) is 31.6 Å². The van der Waals surface area contributed by atoms with E-state index in [1.54, 1.807) is 20.8 Å². The highest BCUT2D eigenvalue weighted by atomic mass is 32.2. The van der Waals surface area contributed by atoms with Crippen LogP contribution in [-0.4, -0.2) is 65.7 Å². The summed E-state index contributed by atoms with van der Waals surface area (Å²) in [6, 6.07) is 10.6. The summed E-state index contributed by atoms with van der Waals surface area (Å²) in [4.78, 5) is 51.8. The molecule has 3 unspecified atom stereocenters. The molecule has 1 fully saturated rings. The topological polar surface area (TPSA) is 159 Å². The number of carboxylic acid groups (broad SMARTS) is 1. The molecule has 4 rings (SSSR count). The number of nitrogens with zero attached hydrogens (tertiary/aromatic N) is 1. The second kappa shape index (κ2) is 13.0. The van der Waals surface area contributed by atoms with E-state index in [0.717, 1.165) is 35.2 Å². The van der Waals surface area contributed by atoms with Crippen LogP contribution in [0.3, 0.4) is 0 Å². The molecule has 1 aliphatic rings. The zero-order valence-electron chi connectivity index (χ0n) is 24.5. The third-order valence-corrected chi connectivity index (χ3v) is 9.12. The van der Waals surface area contributed by atoms with Gasteiger partial charge in [0.2, 0.25) is 5.91 Å². The number of aromatic carboxylic acids is 1. The molecule has 3 atom stereocenters. The monoisotopic (exact) mass is 643 g/mol. The van der Waals surface area contributed by atoms with Crippen molar-refractivity contribution in [1.82, 2.24) is 10.2 Å². The molecule has 3 aromatic carbocycles. The van der Waals surface area contributed by atoms with Crippen molar-refractivity contribution in [1.29, 1.82) is 0 Å². The second-order valence-corrected chi connectivity index (χ2v) is 13.5. The number of benzene rings is 3. The van der Waals surface area contributed by atoms with Crippen molar-refractivity contribution < 1.29 is 46.2 Å². The Labute approximate surface area is 258 Å². The third kappa shape index (κ3) is 7.63. The van der Waals surface area contributed by atoms with Crippen LogP contribution in [0.4, 0.5) is 19.3 Å². The fourth-order valence-electron chi connectivity index (χ4n) is 5.06. The Morgan fingerprint density at radius 2 is 1.64 bits per heavy atom. The van der Waals surface area contributed by atoms with E-state index in [4.69, 9.17) is 4.74 Å². The van der Waals surface area contributed by atoms with Crippen molar-refractivity contribution in [3.05, 3.63) is 95.6 Å². The van der Waals surface area contributed by atoms with Gasteiger partial charge < -0.3 is 25.4 Å². The average molecular weight is 644 g/mol. The number of nitrogens with one attached hydrogen (secondary N) is 2. The number of anilines is 1. The first kappa shape index (κ1) is 33.1. The van der Waals surface area contributed by atoms with Gasteiger partial charge in [-0.2, -0.15) is 0 Å². The number of rotatable bonds is 8. The number of sulfone groups is 1. The van der Waals surface area contributed by atoms with Gasteiger partial charge in [-0.15, -0.1) is 0 Å². The number of carboxylic acids is 1. The molecule has 3 amide bonds. The van der Waals surface area contributed by atoms with Crippen LogP contribution in [0.25, 0.3) is 0 Å². The number of urea groups is 1. The summed E-state index contributed by atoms with van der Waals surface area (Å²) in [6.45, 7) is 3.99. The first-order valence-corrected chi connectivity index (χ1v) is 15.3. The molecule has 3 aromatic rings. The van der Waals surface area contributed by atoms with E-state index in [-0.39, 0.29) is 21.7 Å². The van der Waals surface area contributed by atoms with Crippen LogP contribution in [0.1, 0.15) is 49.2 Å². The van der Waals surface area contributed by atoms with Gasteiger partial charge in [0, 0.05) is 11.3 Å². The molecule has 3 N–H and O–H groups in total. The normalized spacial score (nSPS) is 18.2. The van der Waals surface area contributed by atoms with Crippen molar-refractivity contribution in [2.24, 2.45) is 0 Å². The maximum atomic E-state index is 15.3. The number of likely N-dealkylation sites (tertiary alicyclic amines) is 1. The van der Waals surface area contributed by atoms with Gasteiger partial charge in [0.25, 0.3) is 0 Å². The zero-order valence-corrected chi connectivity index (χ0v) is 25.3. The maximum Gasteiger partial charge on any atom is 0.335 e. The number of ether oxygens (including phenoxy) is 1. The maximum absolute atomic E-state index is 15.3. The van der Waals surface area contributed by atoms with E-state index in [1.807, 2.05) is 0 Å². The van der Waals surface area contributed by atoms with Crippen LogP contribution in [0, 0.1) is 11.6 Å². The lowest BCUT2D eigenvalue weighted by Gasteiger charge is -2.32. The zero-order chi connectivity index (χ0) is 33.1. The Kier molecular flexibility index (Phi) is 9.56. The van der Waals surface area contributed by atoms with E-state index < -0.39 is 81.2 Å². The summed E-state index contributed by atoms with van der Waals surface area (Å²) in [5, 5.41) is 12.3. The Hall–Kier alpha value is -4.85. The molecule has 0 saturated carbocycles. The molecule has 0 aliphatic carbocycles. The molecule has 238 valence electrons. The Morgan fingerprint density at radius 1 is 0.978 bits per heavy atom. The van der Waals surface area contributed by atoms with Crippen molar-refractivity contribution >= 4 is 39.4 Å². The highest BCUT2D eigenvalue weighted by molar-refractivity contribution is 7.92. The van der Waals surface area contributed by atoms with Crippen LogP contribution in [0.2, 0.25) is 0 Å². The van der Waals surface area contributed by atoms with Gasteiger partial charge >= 0.3 is 18.0 Å². The van der Waals surface area contributed by atoms with Crippen LogP contribution in [0.15, 0.2) is 77.7 Å². The molecule has 45 heavy (non-hydrogen) atoms. The van der Waals surface area contributed by atoms with Gasteiger partial charge in [-0.1, -0.05) is 24.3 Å². The van der Waals surface area contributed by atoms with Gasteiger partial charge in [0.1, 0.15) is 23.3 Å². The fourth-order valence-corrected chi connectivity index (χ4v) is 6.97.